The minimum Gasteiger partial charge on any atom is -0.481 e. The summed E-state index contributed by atoms with van der Waals surface area (Å²) >= 11 is 1.42. The Hall–Kier alpha value is -2.34. The van der Waals surface area contributed by atoms with Crippen molar-refractivity contribution in [1.82, 2.24) is 16.0 Å². The molecule has 0 aromatic rings. The van der Waals surface area contributed by atoms with Crippen LogP contribution in [0.1, 0.15) is 33.1 Å². The lowest BCUT2D eigenvalue weighted by atomic mass is 10.0. The molecule has 3 unspecified atom stereocenters. The van der Waals surface area contributed by atoms with Crippen LogP contribution in [-0.2, 0) is 24.0 Å². The van der Waals surface area contributed by atoms with Crippen molar-refractivity contribution in [3.05, 3.63) is 0 Å². The molecule has 0 bridgehead atoms. The first kappa shape index (κ1) is 26.7. The van der Waals surface area contributed by atoms with E-state index in [1.165, 1.54) is 11.8 Å². The molecule has 0 aromatic heterocycles. The molecule has 0 radical (unpaired) electrons. The summed E-state index contributed by atoms with van der Waals surface area (Å²) in [6.45, 7) is 3.15. The maximum Gasteiger partial charge on any atom is 0.326 e. The van der Waals surface area contributed by atoms with Crippen molar-refractivity contribution in [3.8, 4) is 0 Å². The van der Waals surface area contributed by atoms with E-state index < -0.39 is 60.8 Å². The van der Waals surface area contributed by atoms with Crippen LogP contribution in [0.5, 0.6) is 0 Å². The maximum atomic E-state index is 12.2. The number of hydrogen-bond donors (Lipinski definition) is 6. The first-order valence-electron chi connectivity index (χ1n) is 9.04. The fraction of sp³-hybridized carbons (Fsp3) is 0.706. The molecule has 0 aliphatic rings. The second-order valence-electron chi connectivity index (χ2n) is 6.85. The molecule has 0 fully saturated rings. The van der Waals surface area contributed by atoms with E-state index in [1.807, 2.05) is 13.8 Å². The molecule has 0 aliphatic heterocycles. The summed E-state index contributed by atoms with van der Waals surface area (Å²) in [4.78, 5) is 58.3. The molecule has 12 heteroatoms. The Labute approximate surface area is 173 Å². The number of thioether (sulfide) groups is 1. The van der Waals surface area contributed by atoms with Crippen molar-refractivity contribution in [2.75, 3.05) is 18.6 Å². The number of carboxylic acid groups (broad SMARTS) is 2. The van der Waals surface area contributed by atoms with Gasteiger partial charge >= 0.3 is 11.9 Å². The number of aliphatic carboxylic acids is 2. The Morgan fingerprint density at radius 3 is 2.10 bits per heavy atom. The highest BCUT2D eigenvalue weighted by atomic mass is 32.2. The average molecular weight is 435 g/mol. The third kappa shape index (κ3) is 12.0. The smallest absolute Gasteiger partial charge is 0.326 e. The predicted molar refractivity (Wildman–Crippen MR) is 107 cm³/mol. The van der Waals surface area contributed by atoms with Crippen LogP contribution < -0.4 is 21.7 Å². The summed E-state index contributed by atoms with van der Waals surface area (Å²) < 4.78 is 0. The third-order valence-corrected chi connectivity index (χ3v) is 4.38. The van der Waals surface area contributed by atoms with Gasteiger partial charge in [0.15, 0.2) is 0 Å². The molecule has 0 heterocycles. The molecular formula is C17H30N4O7S. The summed E-state index contributed by atoms with van der Waals surface area (Å²) in [5.74, 6) is -4.18. The van der Waals surface area contributed by atoms with Gasteiger partial charge in [0.2, 0.25) is 17.7 Å². The number of carbonyl (C=O) groups is 5. The van der Waals surface area contributed by atoms with Crippen LogP contribution >= 0.6 is 11.8 Å². The monoisotopic (exact) mass is 434 g/mol. The van der Waals surface area contributed by atoms with Crippen LogP contribution in [0.3, 0.4) is 0 Å². The van der Waals surface area contributed by atoms with Crippen LogP contribution in [0.25, 0.3) is 0 Å². The zero-order chi connectivity index (χ0) is 22.6. The van der Waals surface area contributed by atoms with E-state index in [2.05, 4.69) is 16.0 Å². The third-order valence-electron chi connectivity index (χ3n) is 3.74. The van der Waals surface area contributed by atoms with E-state index in [9.17, 15) is 24.0 Å². The topological polar surface area (TPSA) is 188 Å². The Balaban J connectivity index is 4.81. The second kappa shape index (κ2) is 13.8. The van der Waals surface area contributed by atoms with Crippen molar-refractivity contribution < 1.29 is 34.2 Å². The number of rotatable bonds is 14. The van der Waals surface area contributed by atoms with Crippen LogP contribution in [0.4, 0.5) is 0 Å². The largest absolute Gasteiger partial charge is 0.481 e. The minimum absolute atomic E-state index is 0.125. The average Bonchev–Trinajstić information content (AvgIpc) is 2.61. The zero-order valence-corrected chi connectivity index (χ0v) is 17.6. The quantitative estimate of drug-likeness (QED) is 0.194. The maximum absolute atomic E-state index is 12.2. The molecule has 11 nitrogen and oxygen atoms in total. The van der Waals surface area contributed by atoms with E-state index >= 15 is 0 Å². The van der Waals surface area contributed by atoms with Crippen molar-refractivity contribution in [3.63, 3.8) is 0 Å². The zero-order valence-electron chi connectivity index (χ0n) is 16.8. The summed E-state index contributed by atoms with van der Waals surface area (Å²) in [5, 5.41) is 24.8. The van der Waals surface area contributed by atoms with E-state index in [4.69, 9.17) is 15.9 Å². The van der Waals surface area contributed by atoms with Crippen molar-refractivity contribution >= 4 is 41.4 Å². The highest BCUT2D eigenvalue weighted by molar-refractivity contribution is 7.98. The normalized spacial score (nSPS) is 13.8. The Morgan fingerprint density at radius 2 is 1.62 bits per heavy atom. The van der Waals surface area contributed by atoms with Crippen LogP contribution in [0, 0.1) is 5.92 Å². The van der Waals surface area contributed by atoms with Crippen LogP contribution in [-0.4, -0.2) is 76.6 Å². The molecule has 0 spiro atoms. The van der Waals surface area contributed by atoms with Gasteiger partial charge in [-0.25, -0.2) is 4.79 Å². The molecule has 0 saturated carbocycles. The summed E-state index contributed by atoms with van der Waals surface area (Å²) in [5.41, 5.74) is 5.73. The van der Waals surface area contributed by atoms with Gasteiger partial charge in [0, 0.05) is 0 Å². The predicted octanol–water partition coefficient (Wildman–Crippen LogP) is -1.24. The van der Waals surface area contributed by atoms with Gasteiger partial charge in [-0.05, 0) is 30.8 Å². The number of hydrogen-bond acceptors (Lipinski definition) is 7. The molecule has 0 saturated heterocycles. The van der Waals surface area contributed by atoms with E-state index in [-0.39, 0.29) is 12.3 Å². The van der Waals surface area contributed by atoms with E-state index in [1.54, 1.807) is 6.26 Å². The minimum atomic E-state index is -1.42. The molecule has 0 rings (SSSR count). The molecule has 29 heavy (non-hydrogen) atoms. The Kier molecular flexibility index (Phi) is 12.7. The fourth-order valence-corrected chi connectivity index (χ4v) is 2.78. The lowest BCUT2D eigenvalue weighted by Gasteiger charge is -2.20. The number of nitrogens with two attached hydrogens (primary N) is 1. The second-order valence-corrected chi connectivity index (χ2v) is 7.84. The highest BCUT2D eigenvalue weighted by Gasteiger charge is 2.27. The van der Waals surface area contributed by atoms with Gasteiger partial charge in [0.25, 0.3) is 0 Å². The van der Waals surface area contributed by atoms with Crippen LogP contribution in [0.15, 0.2) is 0 Å². The number of nitrogens with one attached hydrogen (secondary N) is 3. The number of carboxylic acids is 2. The van der Waals surface area contributed by atoms with Gasteiger partial charge in [0.05, 0.1) is 19.0 Å². The Morgan fingerprint density at radius 1 is 1.00 bits per heavy atom. The first-order chi connectivity index (χ1) is 13.5. The van der Waals surface area contributed by atoms with Gasteiger partial charge in [0.1, 0.15) is 12.1 Å². The Bertz CT molecular complexity index is 600. The first-order valence-corrected chi connectivity index (χ1v) is 10.4. The lowest BCUT2D eigenvalue weighted by molar-refractivity contribution is -0.142. The van der Waals surface area contributed by atoms with Crippen LogP contribution in [0.2, 0.25) is 0 Å². The lowest BCUT2D eigenvalue weighted by Crippen LogP contribution is -2.54. The summed E-state index contributed by atoms with van der Waals surface area (Å²) in [7, 11) is 0. The summed E-state index contributed by atoms with van der Waals surface area (Å²) in [6.07, 6.45) is 1.66. The van der Waals surface area contributed by atoms with E-state index in [0.717, 1.165) is 0 Å². The van der Waals surface area contributed by atoms with Gasteiger partial charge in [-0.1, -0.05) is 13.8 Å². The fourth-order valence-electron chi connectivity index (χ4n) is 2.31. The van der Waals surface area contributed by atoms with Gasteiger partial charge in [-0.2, -0.15) is 11.8 Å². The SMILES string of the molecule is CSCCC(NC(=O)CNC(=O)C(CC(=O)O)NC(=O)C(N)CC(C)C)C(=O)O. The molecule has 0 aromatic carbocycles. The number of amides is 3. The standard InChI is InChI=1S/C17H30N4O7S/c1-9(2)6-10(18)15(25)21-12(7-14(23)24)16(26)19-8-13(22)20-11(17(27)28)4-5-29-3/h9-12H,4-8,18H2,1-3H3,(H,19,26)(H,20,22)(H,21,25)(H,23,24)(H,27,28). The van der Waals surface area contributed by atoms with Crippen molar-refractivity contribution in [1.29, 1.82) is 0 Å². The molecule has 0 aliphatic carbocycles. The summed E-state index contributed by atoms with van der Waals surface area (Å²) in [6, 6.07) is -3.43. The molecule has 166 valence electrons. The molecule has 7 N–H and O–H groups in total. The number of carbonyl (C=O) groups excluding carboxylic acids is 3. The molecule has 3 amide bonds. The van der Waals surface area contributed by atoms with Gasteiger partial charge in [-0.3, -0.25) is 19.2 Å². The highest BCUT2D eigenvalue weighted by Crippen LogP contribution is 2.04. The van der Waals surface area contributed by atoms with Gasteiger partial charge in [-0.15, -0.1) is 0 Å². The van der Waals surface area contributed by atoms with E-state index in [0.29, 0.717) is 12.2 Å². The van der Waals surface area contributed by atoms with Crippen molar-refractivity contribution in [2.45, 2.75) is 51.2 Å². The molecular weight excluding hydrogens is 404 g/mol. The molecule has 3 atom stereocenters. The van der Waals surface area contributed by atoms with Crippen molar-refractivity contribution in [2.24, 2.45) is 11.7 Å². The van der Waals surface area contributed by atoms with Gasteiger partial charge < -0.3 is 31.9 Å².